The summed E-state index contributed by atoms with van der Waals surface area (Å²) in [6.07, 6.45) is 1.98. The average Bonchev–Trinajstić information content (AvgIpc) is 2.77. The van der Waals surface area contributed by atoms with Crippen LogP contribution in [0.1, 0.15) is 26.7 Å². The molecule has 2 aromatic carbocycles. The summed E-state index contributed by atoms with van der Waals surface area (Å²) in [4.78, 5) is 2.30. The molecule has 1 unspecified atom stereocenters. The van der Waals surface area contributed by atoms with Crippen molar-refractivity contribution in [1.82, 2.24) is 0 Å². The molecule has 0 radical (unpaired) electrons. The Hall–Kier alpha value is -2.04. The molecular formula is C20H26N2O2. The molecule has 0 fully saturated rings. The first-order valence-electron chi connectivity index (χ1n) is 8.66. The zero-order chi connectivity index (χ0) is 17.2. The molecule has 0 bridgehead atoms. The number of benzene rings is 2. The zero-order valence-corrected chi connectivity index (χ0v) is 14.7. The van der Waals surface area contributed by atoms with Crippen molar-refractivity contribution in [3.63, 3.8) is 0 Å². The van der Waals surface area contributed by atoms with Gasteiger partial charge in [-0.15, -0.1) is 0 Å². The molecule has 0 amide bonds. The molecule has 1 atom stereocenters. The molecule has 24 heavy (non-hydrogen) atoms. The Kier molecular flexibility index (Phi) is 4.78. The average molecular weight is 326 g/mol. The Morgan fingerprint density at radius 2 is 1.83 bits per heavy atom. The highest BCUT2D eigenvalue weighted by atomic mass is 16.5. The Bertz CT molecular complexity index is 683. The molecule has 0 aromatic heterocycles. The topological polar surface area (TPSA) is 40.0 Å². The lowest BCUT2D eigenvalue weighted by atomic mass is 9.81. The van der Waals surface area contributed by atoms with Gasteiger partial charge in [0.15, 0.2) is 5.69 Å². The third-order valence-corrected chi connectivity index (χ3v) is 5.39. The van der Waals surface area contributed by atoms with Crippen molar-refractivity contribution in [2.24, 2.45) is 5.41 Å². The Labute approximate surface area is 144 Å². The second kappa shape index (κ2) is 6.83. The van der Waals surface area contributed by atoms with Crippen LogP contribution in [0.3, 0.4) is 0 Å². The van der Waals surface area contributed by atoms with Crippen molar-refractivity contribution in [3.8, 4) is 5.75 Å². The van der Waals surface area contributed by atoms with Gasteiger partial charge in [-0.05, 0) is 37.1 Å². The first-order valence-corrected chi connectivity index (χ1v) is 8.66. The van der Waals surface area contributed by atoms with Gasteiger partial charge in [-0.1, -0.05) is 32.0 Å². The maximum absolute atomic E-state index is 13.0. The van der Waals surface area contributed by atoms with Crippen LogP contribution in [0.5, 0.6) is 5.75 Å². The summed E-state index contributed by atoms with van der Waals surface area (Å²) in [5, 5.41) is 13.2. The fraction of sp³-hybridized carbons (Fsp3) is 0.400. The summed E-state index contributed by atoms with van der Waals surface area (Å²) < 4.78 is 5.34. The highest BCUT2D eigenvalue weighted by molar-refractivity contribution is 5.73. The van der Waals surface area contributed by atoms with Gasteiger partial charge >= 0.3 is 0 Å². The minimum Gasteiger partial charge on any atom is -0.629 e. The Morgan fingerprint density at radius 1 is 1.12 bits per heavy atom. The van der Waals surface area contributed by atoms with Crippen molar-refractivity contribution in [2.75, 3.05) is 25.1 Å². The van der Waals surface area contributed by atoms with Crippen LogP contribution >= 0.6 is 0 Å². The summed E-state index contributed by atoms with van der Waals surface area (Å²) >= 11 is 0. The number of hydrogen-bond acceptors (Lipinski definition) is 3. The van der Waals surface area contributed by atoms with Crippen LogP contribution in [0.15, 0.2) is 48.5 Å². The van der Waals surface area contributed by atoms with E-state index in [-0.39, 0.29) is 10.5 Å². The second-order valence-electron chi connectivity index (χ2n) is 6.61. The van der Waals surface area contributed by atoms with Crippen LogP contribution in [0, 0.1) is 10.6 Å². The zero-order valence-electron chi connectivity index (χ0n) is 14.7. The van der Waals surface area contributed by atoms with E-state index in [0.717, 1.165) is 42.2 Å². The molecule has 2 aromatic rings. The molecular weight excluding hydrogens is 300 g/mol. The van der Waals surface area contributed by atoms with Gasteiger partial charge < -0.3 is 19.9 Å². The van der Waals surface area contributed by atoms with E-state index in [1.165, 1.54) is 0 Å². The van der Waals surface area contributed by atoms with E-state index in [2.05, 4.69) is 30.9 Å². The molecule has 1 aliphatic heterocycles. The fourth-order valence-corrected chi connectivity index (χ4v) is 3.58. The van der Waals surface area contributed by atoms with Crippen LogP contribution < -0.4 is 14.7 Å². The molecule has 0 aliphatic carbocycles. The van der Waals surface area contributed by atoms with E-state index >= 15 is 0 Å². The summed E-state index contributed by atoms with van der Waals surface area (Å²) in [5.74, 6) is 0.732. The van der Waals surface area contributed by atoms with E-state index in [1.54, 1.807) is 7.11 Å². The predicted molar refractivity (Wildman–Crippen MR) is 98.3 cm³/mol. The molecule has 1 heterocycles. The van der Waals surface area contributed by atoms with E-state index < -0.39 is 0 Å². The Morgan fingerprint density at radius 3 is 2.46 bits per heavy atom. The van der Waals surface area contributed by atoms with Crippen LogP contribution in [0.4, 0.5) is 17.1 Å². The lowest BCUT2D eigenvalue weighted by Crippen LogP contribution is -3.03. The highest BCUT2D eigenvalue weighted by Crippen LogP contribution is 2.39. The largest absolute Gasteiger partial charge is 0.629 e. The lowest BCUT2D eigenvalue weighted by Gasteiger charge is -2.35. The summed E-state index contributed by atoms with van der Waals surface area (Å²) in [7, 11) is 1.64. The minimum absolute atomic E-state index is 0.000814. The normalized spacial score (nSPS) is 19.5. The highest BCUT2D eigenvalue weighted by Gasteiger charge is 2.37. The number of hydroxylamine groups is 1. The van der Waals surface area contributed by atoms with Crippen LogP contribution in [-0.2, 0) is 0 Å². The number of rotatable bonds is 4. The molecule has 3 rings (SSSR count). The molecule has 4 heteroatoms. The fourth-order valence-electron chi connectivity index (χ4n) is 3.58. The van der Waals surface area contributed by atoms with Crippen molar-refractivity contribution in [1.29, 1.82) is 0 Å². The van der Waals surface area contributed by atoms with Gasteiger partial charge in [-0.2, -0.15) is 0 Å². The standard InChI is InChI=1S/C20H26N2O2/c1-4-20(5-2)14-21(16-9-7-6-8-10-16)18-12-11-17(24-3)13-19(18)22(23)15-20/h6-13,22H,4-5,14-15H2,1-3H3. The van der Waals surface area contributed by atoms with Gasteiger partial charge in [0.25, 0.3) is 0 Å². The van der Waals surface area contributed by atoms with E-state index in [0.29, 0.717) is 6.54 Å². The number of para-hydroxylation sites is 1. The van der Waals surface area contributed by atoms with Gasteiger partial charge in [-0.3, -0.25) is 0 Å². The third-order valence-electron chi connectivity index (χ3n) is 5.39. The smallest absolute Gasteiger partial charge is 0.158 e. The SMILES string of the molecule is CCC1(CC)CN(c2ccccc2)c2ccc(OC)cc2[NH+]([O-])C1. The van der Waals surface area contributed by atoms with Gasteiger partial charge in [0, 0.05) is 23.7 Å². The monoisotopic (exact) mass is 326 g/mol. The summed E-state index contributed by atoms with van der Waals surface area (Å²) in [6.45, 7) is 5.83. The maximum atomic E-state index is 13.0. The van der Waals surface area contributed by atoms with Gasteiger partial charge in [0.05, 0.1) is 13.7 Å². The molecule has 128 valence electrons. The van der Waals surface area contributed by atoms with E-state index in [1.807, 2.05) is 36.4 Å². The molecule has 1 N–H and O–H groups in total. The lowest BCUT2D eigenvalue weighted by molar-refractivity contribution is -0.784. The van der Waals surface area contributed by atoms with Crippen LogP contribution in [0.25, 0.3) is 0 Å². The Balaban J connectivity index is 2.15. The minimum atomic E-state index is -0.000814. The third kappa shape index (κ3) is 2.99. The quantitative estimate of drug-likeness (QED) is 0.872. The van der Waals surface area contributed by atoms with E-state index in [4.69, 9.17) is 4.74 Å². The number of quaternary nitrogens is 1. The summed E-state index contributed by atoms with van der Waals surface area (Å²) in [5.41, 5.74) is 2.88. The molecule has 1 aliphatic rings. The summed E-state index contributed by atoms with van der Waals surface area (Å²) in [6, 6.07) is 16.2. The number of nitrogens with one attached hydrogen (secondary N) is 1. The van der Waals surface area contributed by atoms with Gasteiger partial charge in [-0.25, -0.2) is 0 Å². The maximum Gasteiger partial charge on any atom is 0.158 e. The number of nitrogens with zero attached hydrogens (tertiary/aromatic N) is 1. The molecule has 0 saturated heterocycles. The molecule has 4 nitrogen and oxygen atoms in total. The number of anilines is 2. The number of hydrogen-bond donors (Lipinski definition) is 1. The van der Waals surface area contributed by atoms with E-state index in [9.17, 15) is 5.21 Å². The first-order chi connectivity index (χ1) is 11.6. The van der Waals surface area contributed by atoms with Crippen molar-refractivity contribution in [3.05, 3.63) is 53.7 Å². The number of fused-ring (bicyclic) bond motifs is 1. The van der Waals surface area contributed by atoms with Crippen molar-refractivity contribution >= 4 is 17.1 Å². The number of ether oxygens (including phenoxy) is 1. The van der Waals surface area contributed by atoms with Gasteiger partial charge in [0.1, 0.15) is 11.4 Å². The predicted octanol–water partition coefficient (Wildman–Crippen LogP) is 3.67. The number of methoxy groups -OCH3 is 1. The first kappa shape index (κ1) is 16.8. The second-order valence-corrected chi connectivity index (χ2v) is 6.61. The van der Waals surface area contributed by atoms with Crippen molar-refractivity contribution < 1.29 is 9.80 Å². The molecule has 0 saturated carbocycles. The van der Waals surface area contributed by atoms with Crippen LogP contribution in [0.2, 0.25) is 0 Å². The van der Waals surface area contributed by atoms with Crippen LogP contribution in [-0.4, -0.2) is 20.2 Å². The molecule has 0 spiro atoms. The van der Waals surface area contributed by atoms with Crippen molar-refractivity contribution in [2.45, 2.75) is 26.7 Å². The van der Waals surface area contributed by atoms with Gasteiger partial charge in [0.2, 0.25) is 0 Å².